The van der Waals surface area contributed by atoms with Crippen LogP contribution in [0.25, 0.3) is 0 Å². The Labute approximate surface area is 131 Å². The third-order valence-electron chi connectivity index (χ3n) is 3.09. The van der Waals surface area contributed by atoms with E-state index >= 15 is 0 Å². The fourth-order valence-electron chi connectivity index (χ4n) is 2.31. The zero-order valence-corrected chi connectivity index (χ0v) is 13.5. The summed E-state index contributed by atoms with van der Waals surface area (Å²) in [5, 5.41) is 0. The van der Waals surface area contributed by atoms with Gasteiger partial charge in [-0.05, 0) is 44.6 Å². The van der Waals surface area contributed by atoms with Gasteiger partial charge in [-0.3, -0.25) is 9.59 Å². The van der Waals surface area contributed by atoms with Crippen LogP contribution >= 0.6 is 0 Å². The molecule has 1 atom stereocenters. The highest BCUT2D eigenvalue weighted by Crippen LogP contribution is 2.25. The smallest absolute Gasteiger partial charge is 0.393 e. The summed E-state index contributed by atoms with van der Waals surface area (Å²) >= 11 is 0. The number of rotatable bonds is 10. The van der Waals surface area contributed by atoms with E-state index in [1.807, 2.05) is 20.8 Å². The van der Waals surface area contributed by atoms with Gasteiger partial charge in [0.05, 0.1) is 12.3 Å². The molecule has 0 aromatic heterocycles. The SMILES string of the molecule is CCO[Si](CCCC1CC(=O)OC1=O)(OCC)OCC.[SiH4]. The molecule has 1 aliphatic heterocycles. The minimum Gasteiger partial charge on any atom is -0.393 e. The summed E-state index contributed by atoms with van der Waals surface area (Å²) in [5.74, 6) is -1.16. The lowest BCUT2D eigenvalue weighted by Crippen LogP contribution is -2.46. The van der Waals surface area contributed by atoms with Crippen LogP contribution in [0.3, 0.4) is 0 Å². The zero-order chi connectivity index (χ0) is 15.0. The third kappa shape index (κ3) is 6.39. The van der Waals surface area contributed by atoms with Gasteiger partial charge in [0.25, 0.3) is 0 Å². The van der Waals surface area contributed by atoms with E-state index in [-0.39, 0.29) is 23.3 Å². The van der Waals surface area contributed by atoms with Crippen LogP contribution in [-0.4, -0.2) is 51.5 Å². The van der Waals surface area contributed by atoms with Crippen molar-refractivity contribution in [3.63, 3.8) is 0 Å². The Balaban J connectivity index is 0.00000400. The van der Waals surface area contributed by atoms with Gasteiger partial charge in [-0.2, -0.15) is 0 Å². The van der Waals surface area contributed by atoms with Crippen LogP contribution in [0, 0.1) is 5.92 Å². The normalized spacial score (nSPS) is 18.5. The van der Waals surface area contributed by atoms with Crippen molar-refractivity contribution in [1.82, 2.24) is 0 Å². The van der Waals surface area contributed by atoms with Crippen LogP contribution < -0.4 is 0 Å². The molecule has 1 heterocycles. The fourth-order valence-corrected chi connectivity index (χ4v) is 4.95. The molecule has 1 unspecified atom stereocenters. The molecule has 1 saturated heterocycles. The Morgan fingerprint density at radius 3 is 2.00 bits per heavy atom. The van der Waals surface area contributed by atoms with Crippen molar-refractivity contribution in [2.45, 2.75) is 46.1 Å². The Bertz CT molecular complexity index is 320. The number of ether oxygens (including phenoxy) is 1. The molecule has 0 spiro atoms. The summed E-state index contributed by atoms with van der Waals surface area (Å²) in [7, 11) is -2.64. The Morgan fingerprint density at radius 2 is 1.62 bits per heavy atom. The van der Waals surface area contributed by atoms with Crippen molar-refractivity contribution in [3.05, 3.63) is 0 Å². The molecule has 0 aromatic rings. The van der Waals surface area contributed by atoms with Crippen LogP contribution in [0.2, 0.25) is 6.04 Å². The van der Waals surface area contributed by atoms with Crippen LogP contribution in [0.1, 0.15) is 40.0 Å². The largest absolute Gasteiger partial charge is 0.500 e. The van der Waals surface area contributed by atoms with Crippen LogP contribution in [0.15, 0.2) is 0 Å². The summed E-state index contributed by atoms with van der Waals surface area (Å²) in [6.45, 7) is 7.34. The third-order valence-corrected chi connectivity index (χ3v) is 6.24. The number of esters is 2. The maximum Gasteiger partial charge on any atom is 0.500 e. The molecule has 0 bridgehead atoms. The second kappa shape index (κ2) is 10.2. The zero-order valence-electron chi connectivity index (χ0n) is 12.5. The first-order chi connectivity index (χ1) is 9.56. The van der Waals surface area contributed by atoms with Gasteiger partial charge >= 0.3 is 20.7 Å². The number of carbonyl (C=O) groups is 2. The minimum atomic E-state index is -2.64. The molecule has 0 aromatic carbocycles. The average Bonchev–Trinajstić information content (AvgIpc) is 2.69. The highest BCUT2D eigenvalue weighted by atomic mass is 28.4. The molecule has 1 aliphatic rings. The van der Waals surface area contributed by atoms with Crippen molar-refractivity contribution in [2.24, 2.45) is 5.92 Å². The molecule has 1 fully saturated rings. The number of hydrogen-bond donors (Lipinski definition) is 0. The lowest BCUT2D eigenvalue weighted by Gasteiger charge is -2.28. The standard InChI is InChI=1S/C13H24O6Si.H4Si/c1-4-16-20(17-5-2,18-6-3)9-7-8-11-10-12(14)19-13(11)15;/h11H,4-10H2,1-3H3;1H4. The Kier molecular flexibility index (Phi) is 9.96. The van der Waals surface area contributed by atoms with E-state index in [4.69, 9.17) is 13.3 Å². The summed E-state index contributed by atoms with van der Waals surface area (Å²) in [6.07, 6.45) is 1.51. The second-order valence-electron chi connectivity index (χ2n) is 4.57. The summed E-state index contributed by atoms with van der Waals surface area (Å²) in [4.78, 5) is 22.4. The van der Waals surface area contributed by atoms with Crippen molar-refractivity contribution >= 4 is 31.7 Å². The molecule has 0 amide bonds. The summed E-state index contributed by atoms with van der Waals surface area (Å²) < 4.78 is 21.7. The molecule has 6 nitrogen and oxygen atoms in total. The second-order valence-corrected chi connectivity index (χ2v) is 7.30. The molecule has 0 radical (unpaired) electrons. The van der Waals surface area contributed by atoms with E-state index < -0.39 is 20.7 Å². The Hall–Kier alpha value is -0.546. The van der Waals surface area contributed by atoms with Gasteiger partial charge in [0, 0.05) is 25.9 Å². The average molecular weight is 337 g/mol. The van der Waals surface area contributed by atoms with Gasteiger partial charge in [-0.25, -0.2) is 0 Å². The van der Waals surface area contributed by atoms with Gasteiger partial charge in [-0.1, -0.05) is 0 Å². The highest BCUT2D eigenvalue weighted by molar-refractivity contribution is 6.60. The molecule has 0 N–H and O–H groups in total. The monoisotopic (exact) mass is 336 g/mol. The van der Waals surface area contributed by atoms with Crippen LogP contribution in [-0.2, 0) is 27.6 Å². The predicted molar refractivity (Wildman–Crippen MR) is 85.2 cm³/mol. The van der Waals surface area contributed by atoms with E-state index in [0.717, 1.165) is 6.42 Å². The van der Waals surface area contributed by atoms with E-state index in [0.29, 0.717) is 32.3 Å². The van der Waals surface area contributed by atoms with E-state index in [1.165, 1.54) is 0 Å². The molecule has 8 heteroatoms. The maximum absolute atomic E-state index is 11.4. The maximum atomic E-state index is 11.4. The number of cyclic esters (lactones) is 2. The predicted octanol–water partition coefficient (Wildman–Crippen LogP) is 0.453. The lowest BCUT2D eigenvalue weighted by molar-refractivity contribution is -0.153. The fraction of sp³-hybridized carbons (Fsp3) is 0.846. The minimum absolute atomic E-state index is 0. The topological polar surface area (TPSA) is 71.1 Å². The molecular formula is C13H28O6Si2. The Morgan fingerprint density at radius 1 is 1.10 bits per heavy atom. The van der Waals surface area contributed by atoms with Crippen molar-refractivity contribution < 1.29 is 27.6 Å². The molecule has 1 rings (SSSR count). The summed E-state index contributed by atoms with van der Waals surface area (Å²) in [6, 6.07) is 0.653. The first-order valence-corrected chi connectivity index (χ1v) is 9.16. The molecule has 21 heavy (non-hydrogen) atoms. The van der Waals surface area contributed by atoms with E-state index in [2.05, 4.69) is 4.74 Å². The summed E-state index contributed by atoms with van der Waals surface area (Å²) in [5.41, 5.74) is 0. The number of carbonyl (C=O) groups excluding carboxylic acids is 2. The molecule has 0 aliphatic carbocycles. The molecule has 124 valence electrons. The van der Waals surface area contributed by atoms with Gasteiger partial charge in [0.15, 0.2) is 0 Å². The van der Waals surface area contributed by atoms with Crippen molar-refractivity contribution in [2.75, 3.05) is 19.8 Å². The molecule has 0 saturated carbocycles. The van der Waals surface area contributed by atoms with Gasteiger partial charge < -0.3 is 18.0 Å². The van der Waals surface area contributed by atoms with Gasteiger partial charge in [0.1, 0.15) is 0 Å². The van der Waals surface area contributed by atoms with Crippen LogP contribution in [0.5, 0.6) is 0 Å². The van der Waals surface area contributed by atoms with Gasteiger partial charge in [0.2, 0.25) is 0 Å². The highest BCUT2D eigenvalue weighted by Gasteiger charge is 2.41. The van der Waals surface area contributed by atoms with Gasteiger partial charge in [-0.15, -0.1) is 0 Å². The van der Waals surface area contributed by atoms with E-state index in [9.17, 15) is 9.59 Å². The number of hydrogen-bond acceptors (Lipinski definition) is 6. The molecular weight excluding hydrogens is 308 g/mol. The first-order valence-electron chi connectivity index (χ1n) is 7.23. The van der Waals surface area contributed by atoms with E-state index in [1.54, 1.807) is 0 Å². The first kappa shape index (κ1) is 20.5. The van der Waals surface area contributed by atoms with Crippen molar-refractivity contribution in [1.29, 1.82) is 0 Å². The van der Waals surface area contributed by atoms with Crippen molar-refractivity contribution in [3.8, 4) is 0 Å². The quantitative estimate of drug-likeness (QED) is 0.328. The lowest BCUT2D eigenvalue weighted by atomic mass is 10.0. The van der Waals surface area contributed by atoms with Crippen LogP contribution in [0.4, 0.5) is 0 Å².